The zero-order valence-electron chi connectivity index (χ0n) is 16.1. The van der Waals surface area contributed by atoms with E-state index in [4.69, 9.17) is 11.6 Å². The smallest absolute Gasteiger partial charge is 0.227 e. The molecule has 1 fully saturated rings. The van der Waals surface area contributed by atoms with E-state index in [0.717, 1.165) is 10.6 Å². The Morgan fingerprint density at radius 1 is 1.33 bits per heavy atom. The number of aromatic nitrogens is 2. The van der Waals surface area contributed by atoms with E-state index in [9.17, 15) is 17.6 Å². The predicted octanol–water partition coefficient (Wildman–Crippen LogP) is 3.48. The Morgan fingerprint density at radius 3 is 2.83 bits per heavy atom. The predicted molar refractivity (Wildman–Crippen MR) is 115 cm³/mol. The van der Waals surface area contributed by atoms with Crippen LogP contribution < -0.4 is 0 Å². The van der Waals surface area contributed by atoms with Gasteiger partial charge in [0, 0.05) is 31.2 Å². The normalized spacial score (nSPS) is 18.5. The first-order valence-electron chi connectivity index (χ1n) is 9.24. The molecule has 1 saturated heterocycles. The van der Waals surface area contributed by atoms with Gasteiger partial charge in [0.2, 0.25) is 5.91 Å². The summed E-state index contributed by atoms with van der Waals surface area (Å²) in [5.41, 5.74) is 1.37. The summed E-state index contributed by atoms with van der Waals surface area (Å²) < 4.78 is 40.6. The van der Waals surface area contributed by atoms with Crippen LogP contribution in [0.3, 0.4) is 0 Å². The summed E-state index contributed by atoms with van der Waals surface area (Å²) in [6, 6.07) is 7.81. The molecule has 3 heterocycles. The molecule has 2 aromatic heterocycles. The fourth-order valence-electron chi connectivity index (χ4n) is 3.42. The Kier molecular flexibility index (Phi) is 5.69. The van der Waals surface area contributed by atoms with Gasteiger partial charge >= 0.3 is 0 Å². The Balaban J connectivity index is 1.53. The summed E-state index contributed by atoms with van der Waals surface area (Å²) in [4.78, 5) is 20.2. The lowest BCUT2D eigenvalue weighted by molar-refractivity contribution is -0.130. The van der Waals surface area contributed by atoms with Crippen LogP contribution in [0.1, 0.15) is 15.7 Å². The number of halogens is 2. The van der Waals surface area contributed by atoms with Crippen molar-refractivity contribution >= 4 is 38.7 Å². The Labute approximate surface area is 182 Å². The van der Waals surface area contributed by atoms with E-state index < -0.39 is 20.9 Å². The minimum Gasteiger partial charge on any atom is -0.340 e. The number of nitrogens with zero attached hydrogens (tertiary/aromatic N) is 3. The number of imidazole rings is 1. The fraction of sp³-hybridized carbons (Fsp3) is 0.300. The highest BCUT2D eigenvalue weighted by Crippen LogP contribution is 2.36. The Bertz CT molecular complexity index is 1210. The van der Waals surface area contributed by atoms with Crippen LogP contribution >= 0.6 is 22.9 Å². The van der Waals surface area contributed by atoms with E-state index >= 15 is 0 Å². The number of rotatable bonds is 4. The van der Waals surface area contributed by atoms with Crippen molar-refractivity contribution in [1.82, 2.24) is 14.5 Å². The number of hydrogen-bond acceptors (Lipinski definition) is 5. The van der Waals surface area contributed by atoms with Crippen molar-refractivity contribution in [2.45, 2.75) is 11.7 Å². The van der Waals surface area contributed by atoms with Gasteiger partial charge in [0.05, 0.1) is 34.1 Å². The third-order valence-electron chi connectivity index (χ3n) is 5.06. The first kappa shape index (κ1) is 21.0. The van der Waals surface area contributed by atoms with Gasteiger partial charge in [-0.05, 0) is 29.8 Å². The molecule has 1 atom stereocenters. The molecule has 3 aromatic rings. The summed E-state index contributed by atoms with van der Waals surface area (Å²) in [5.74, 6) is -0.845. The summed E-state index contributed by atoms with van der Waals surface area (Å²) in [6.45, 7) is 0.239. The number of carbonyl (C=O) groups is 1. The van der Waals surface area contributed by atoms with Crippen molar-refractivity contribution in [3.63, 3.8) is 0 Å². The molecule has 1 aliphatic heterocycles. The second-order valence-corrected chi connectivity index (χ2v) is 11.1. The maximum atomic E-state index is 13.3. The van der Waals surface area contributed by atoms with Gasteiger partial charge in [-0.1, -0.05) is 17.7 Å². The highest BCUT2D eigenvalue weighted by molar-refractivity contribution is 7.91. The van der Waals surface area contributed by atoms with Gasteiger partial charge in [-0.2, -0.15) is 0 Å². The van der Waals surface area contributed by atoms with Crippen molar-refractivity contribution in [3.8, 4) is 10.6 Å². The molecule has 10 heteroatoms. The Hall–Kier alpha value is -2.23. The fourth-order valence-corrected chi connectivity index (χ4v) is 6.75. The molecule has 1 aromatic carbocycles. The van der Waals surface area contributed by atoms with Crippen molar-refractivity contribution < 1.29 is 17.6 Å². The van der Waals surface area contributed by atoms with Gasteiger partial charge in [0.25, 0.3) is 0 Å². The van der Waals surface area contributed by atoms with Gasteiger partial charge in [0.15, 0.2) is 9.84 Å². The lowest BCUT2D eigenvalue weighted by Crippen LogP contribution is -2.45. The van der Waals surface area contributed by atoms with E-state index in [2.05, 4.69) is 4.98 Å². The van der Waals surface area contributed by atoms with Crippen LogP contribution in [0, 0.1) is 5.82 Å². The minimum atomic E-state index is -3.37. The molecule has 30 heavy (non-hydrogen) atoms. The van der Waals surface area contributed by atoms with Gasteiger partial charge in [-0.3, -0.25) is 4.79 Å². The monoisotopic (exact) mass is 467 g/mol. The molecule has 0 bridgehead atoms. The summed E-state index contributed by atoms with van der Waals surface area (Å²) in [5, 5.41) is -0.811. The maximum Gasteiger partial charge on any atom is 0.227 e. The van der Waals surface area contributed by atoms with Crippen LogP contribution in [0.5, 0.6) is 0 Å². The number of hydrogen-bond donors (Lipinski definition) is 0. The van der Waals surface area contributed by atoms with E-state index in [1.165, 1.54) is 29.5 Å². The van der Waals surface area contributed by atoms with Crippen LogP contribution in [0.25, 0.3) is 10.6 Å². The number of benzene rings is 1. The zero-order valence-corrected chi connectivity index (χ0v) is 18.5. The molecule has 0 saturated carbocycles. The second kappa shape index (κ2) is 8.13. The summed E-state index contributed by atoms with van der Waals surface area (Å²) >= 11 is 7.17. The van der Waals surface area contributed by atoms with Crippen molar-refractivity contribution in [2.75, 3.05) is 18.8 Å². The van der Waals surface area contributed by atoms with Crippen molar-refractivity contribution in [2.24, 2.45) is 7.05 Å². The van der Waals surface area contributed by atoms with E-state index in [-0.39, 0.29) is 36.2 Å². The summed E-state index contributed by atoms with van der Waals surface area (Å²) in [6.07, 6.45) is 3.60. The first-order valence-corrected chi connectivity index (χ1v) is 12.2. The van der Waals surface area contributed by atoms with E-state index in [0.29, 0.717) is 10.4 Å². The van der Waals surface area contributed by atoms with Crippen molar-refractivity contribution in [3.05, 3.63) is 64.1 Å². The third-order valence-corrected chi connectivity index (χ3v) is 8.74. The van der Waals surface area contributed by atoms with Crippen LogP contribution in [0.4, 0.5) is 4.39 Å². The standard InChI is InChI=1S/C20H19ClFN3O3S2/c1-24-10-16(23-12-24)17-4-5-18(29-17)19-11-25(6-7-30(19,27)28)20(26)9-13-2-3-15(22)14(21)8-13/h2-5,8,10,12,19H,6-7,9,11H2,1H3/t19-/m0/s1. The molecule has 0 radical (unpaired) electrons. The van der Waals surface area contributed by atoms with Crippen LogP contribution in [-0.2, 0) is 28.1 Å². The molecule has 158 valence electrons. The Morgan fingerprint density at radius 2 is 2.13 bits per heavy atom. The average Bonchev–Trinajstić information content (AvgIpc) is 3.33. The average molecular weight is 468 g/mol. The molecule has 1 aliphatic rings. The largest absolute Gasteiger partial charge is 0.340 e. The van der Waals surface area contributed by atoms with Gasteiger partial charge in [-0.25, -0.2) is 17.8 Å². The molecule has 0 N–H and O–H groups in total. The first-order chi connectivity index (χ1) is 14.2. The van der Waals surface area contributed by atoms with E-state index in [1.807, 2.05) is 23.9 Å². The molecule has 4 rings (SSSR count). The van der Waals surface area contributed by atoms with Crippen molar-refractivity contribution in [1.29, 1.82) is 0 Å². The van der Waals surface area contributed by atoms with Crippen LogP contribution in [-0.4, -0.2) is 47.6 Å². The number of thiophene rings is 1. The van der Waals surface area contributed by atoms with Gasteiger partial charge in [-0.15, -0.1) is 11.3 Å². The minimum absolute atomic E-state index is 0.0381. The number of amides is 1. The quantitative estimate of drug-likeness (QED) is 0.589. The number of aryl methyl sites for hydroxylation is 1. The number of carbonyl (C=O) groups excluding carboxylic acids is 1. The van der Waals surface area contributed by atoms with E-state index in [1.54, 1.807) is 17.3 Å². The number of sulfone groups is 1. The third kappa shape index (κ3) is 4.28. The maximum absolute atomic E-state index is 13.3. The molecular weight excluding hydrogens is 449 g/mol. The molecule has 6 nitrogen and oxygen atoms in total. The molecular formula is C20H19ClFN3O3S2. The molecule has 0 unspecified atom stereocenters. The summed E-state index contributed by atoms with van der Waals surface area (Å²) in [7, 11) is -1.50. The molecule has 1 amide bonds. The van der Waals surface area contributed by atoms with Gasteiger partial charge in [0.1, 0.15) is 11.1 Å². The highest BCUT2D eigenvalue weighted by Gasteiger charge is 2.37. The van der Waals surface area contributed by atoms with Crippen LogP contribution in [0.15, 0.2) is 42.9 Å². The lowest BCUT2D eigenvalue weighted by atomic mass is 10.1. The zero-order chi connectivity index (χ0) is 21.5. The SMILES string of the molecule is Cn1cnc(-c2ccc([C@@H]3CN(C(=O)Cc4ccc(F)c(Cl)c4)CCS3(=O)=O)s2)c1. The van der Waals surface area contributed by atoms with Crippen LogP contribution in [0.2, 0.25) is 5.02 Å². The van der Waals surface area contributed by atoms with Gasteiger partial charge < -0.3 is 9.47 Å². The molecule has 0 spiro atoms. The molecule has 0 aliphatic carbocycles. The topological polar surface area (TPSA) is 72.3 Å². The lowest BCUT2D eigenvalue weighted by Gasteiger charge is -2.32. The second-order valence-electron chi connectivity index (χ2n) is 7.25. The highest BCUT2D eigenvalue weighted by atomic mass is 35.5.